The molecule has 0 fully saturated rings. The molecule has 6 nitrogen and oxygen atoms in total. The first kappa shape index (κ1) is 21.8. The number of alkyl halides is 1. The molecular formula is C27H25FN4O2. The average molecular weight is 457 g/mol. The zero-order valence-corrected chi connectivity index (χ0v) is 18.9. The zero-order chi connectivity index (χ0) is 23.5. The Bertz CT molecular complexity index is 1450. The second-order valence-electron chi connectivity index (χ2n) is 8.37. The molecule has 5 aromatic rings. The van der Waals surface area contributed by atoms with Crippen molar-refractivity contribution < 1.29 is 13.7 Å². The number of aromatic nitrogens is 3. The number of anilines is 1. The Morgan fingerprint density at radius 3 is 2.65 bits per heavy atom. The number of nitrogens with zero attached hydrogens (tertiary/aromatic N) is 3. The fraction of sp³-hybridized carbons (Fsp3) is 0.222. The Hall–Kier alpha value is -4.00. The van der Waals surface area contributed by atoms with Crippen LogP contribution in [0.3, 0.4) is 0 Å². The Morgan fingerprint density at radius 1 is 1.03 bits per heavy atom. The molecule has 172 valence electrons. The monoisotopic (exact) mass is 456 g/mol. The summed E-state index contributed by atoms with van der Waals surface area (Å²) in [5, 5.41) is 9.11. The van der Waals surface area contributed by atoms with Gasteiger partial charge < -0.3 is 14.4 Å². The molecule has 2 aromatic heterocycles. The van der Waals surface area contributed by atoms with Crippen molar-refractivity contribution in [3.8, 4) is 11.4 Å². The highest BCUT2D eigenvalue weighted by molar-refractivity contribution is 6.09. The molecule has 2 heterocycles. The molecule has 0 aliphatic heterocycles. The minimum absolute atomic E-state index is 0.129. The van der Waals surface area contributed by atoms with Gasteiger partial charge in [0, 0.05) is 52.4 Å². The van der Waals surface area contributed by atoms with Crippen LogP contribution in [0.1, 0.15) is 24.3 Å². The van der Waals surface area contributed by atoms with E-state index in [0.717, 1.165) is 38.6 Å². The third kappa shape index (κ3) is 4.41. The Labute approximate surface area is 196 Å². The number of benzene rings is 3. The second kappa shape index (κ2) is 9.47. The van der Waals surface area contributed by atoms with Gasteiger partial charge in [-0.15, -0.1) is 0 Å². The van der Waals surface area contributed by atoms with Crippen molar-refractivity contribution in [2.45, 2.75) is 32.7 Å². The van der Waals surface area contributed by atoms with Gasteiger partial charge in [-0.05, 0) is 37.6 Å². The Kier molecular flexibility index (Phi) is 6.08. The maximum atomic E-state index is 12.8. The van der Waals surface area contributed by atoms with E-state index in [-0.39, 0.29) is 19.0 Å². The molecule has 0 atom stereocenters. The number of carbonyl (C=O) groups excluding carboxylic acids is 1. The summed E-state index contributed by atoms with van der Waals surface area (Å²) in [6.45, 7) is 2.28. The van der Waals surface area contributed by atoms with Gasteiger partial charge in [-0.2, -0.15) is 4.98 Å². The summed E-state index contributed by atoms with van der Waals surface area (Å²) in [7, 11) is 0. The largest absolute Gasteiger partial charge is 0.340 e. The summed E-state index contributed by atoms with van der Waals surface area (Å²) < 4.78 is 20.3. The van der Waals surface area contributed by atoms with E-state index in [4.69, 9.17) is 4.52 Å². The lowest BCUT2D eigenvalue weighted by atomic mass is 10.1. The van der Waals surface area contributed by atoms with E-state index in [9.17, 15) is 9.18 Å². The van der Waals surface area contributed by atoms with Gasteiger partial charge in [0.15, 0.2) is 0 Å². The molecular weight excluding hydrogens is 431 g/mol. The standard InChI is InChI=1S/C27H25FN4O2/c1-18-7-9-19(10-8-18)27-30-26(34-31-27)14-13-25(33)29-20-11-12-24-22(17-20)21-5-2-3-6-23(21)32(24)16-4-15-28/h2-3,5-12,17H,4,13-16H2,1H3,(H,29,33). The van der Waals surface area contributed by atoms with Gasteiger partial charge in [0.05, 0.1) is 6.67 Å². The average Bonchev–Trinajstić information content (AvgIpc) is 3.45. The summed E-state index contributed by atoms with van der Waals surface area (Å²) in [6.07, 6.45) is 1.05. The van der Waals surface area contributed by atoms with Crippen molar-refractivity contribution in [1.29, 1.82) is 0 Å². The molecule has 5 rings (SSSR count). The highest BCUT2D eigenvalue weighted by atomic mass is 19.1. The minimum Gasteiger partial charge on any atom is -0.340 e. The minimum atomic E-state index is -0.352. The predicted octanol–water partition coefficient (Wildman–Crippen LogP) is 6.08. The number of rotatable bonds is 8. The smallest absolute Gasteiger partial charge is 0.227 e. The first-order valence-corrected chi connectivity index (χ1v) is 11.4. The van der Waals surface area contributed by atoms with E-state index in [1.807, 2.05) is 67.6 Å². The van der Waals surface area contributed by atoms with Crippen LogP contribution in [0.4, 0.5) is 10.1 Å². The number of halogens is 1. The molecule has 0 unspecified atom stereocenters. The van der Waals surface area contributed by atoms with Crippen LogP contribution in [0.5, 0.6) is 0 Å². The number of hydrogen-bond donors (Lipinski definition) is 1. The van der Waals surface area contributed by atoms with E-state index in [1.165, 1.54) is 0 Å². The van der Waals surface area contributed by atoms with Gasteiger partial charge in [-0.3, -0.25) is 9.18 Å². The molecule has 0 bridgehead atoms. The van der Waals surface area contributed by atoms with Crippen LogP contribution in [0.15, 0.2) is 71.3 Å². The van der Waals surface area contributed by atoms with Crippen molar-refractivity contribution >= 4 is 33.4 Å². The molecule has 0 radical (unpaired) electrons. The van der Waals surface area contributed by atoms with E-state index in [2.05, 4.69) is 26.1 Å². The van der Waals surface area contributed by atoms with Gasteiger partial charge in [0.25, 0.3) is 0 Å². The molecule has 0 saturated carbocycles. The number of amides is 1. The lowest BCUT2D eigenvalue weighted by Crippen LogP contribution is -2.12. The zero-order valence-electron chi connectivity index (χ0n) is 18.9. The third-order valence-electron chi connectivity index (χ3n) is 5.92. The number of nitrogens with one attached hydrogen (secondary N) is 1. The van der Waals surface area contributed by atoms with Gasteiger partial charge in [-0.25, -0.2) is 0 Å². The highest BCUT2D eigenvalue weighted by Crippen LogP contribution is 2.31. The van der Waals surface area contributed by atoms with Gasteiger partial charge >= 0.3 is 0 Å². The Balaban J connectivity index is 1.28. The van der Waals surface area contributed by atoms with Gasteiger partial charge in [0.1, 0.15) is 0 Å². The van der Waals surface area contributed by atoms with E-state index >= 15 is 0 Å². The maximum absolute atomic E-state index is 12.8. The van der Waals surface area contributed by atoms with E-state index in [1.54, 1.807) is 0 Å². The topological polar surface area (TPSA) is 73.0 Å². The molecule has 1 amide bonds. The molecule has 0 aliphatic rings. The molecule has 0 spiro atoms. The number of carbonyl (C=O) groups is 1. The summed E-state index contributed by atoms with van der Waals surface area (Å²) in [5.41, 5.74) is 4.85. The number of aryl methyl sites for hydroxylation is 3. The van der Waals surface area contributed by atoms with Crippen LogP contribution in [0, 0.1) is 6.92 Å². The van der Waals surface area contributed by atoms with Crippen molar-refractivity contribution in [2.75, 3.05) is 12.0 Å². The molecule has 1 N–H and O–H groups in total. The fourth-order valence-corrected chi connectivity index (χ4v) is 4.21. The van der Waals surface area contributed by atoms with Gasteiger partial charge in [-0.1, -0.05) is 53.2 Å². The van der Waals surface area contributed by atoms with Crippen LogP contribution in [-0.4, -0.2) is 27.3 Å². The van der Waals surface area contributed by atoms with Crippen LogP contribution in [0.25, 0.3) is 33.2 Å². The number of fused-ring (bicyclic) bond motifs is 3. The summed E-state index contributed by atoms with van der Waals surface area (Å²) in [6, 6.07) is 21.8. The van der Waals surface area contributed by atoms with E-state index < -0.39 is 0 Å². The first-order chi connectivity index (χ1) is 16.6. The lowest BCUT2D eigenvalue weighted by Gasteiger charge is -2.07. The molecule has 0 saturated heterocycles. The summed E-state index contributed by atoms with van der Waals surface area (Å²) in [4.78, 5) is 17.0. The summed E-state index contributed by atoms with van der Waals surface area (Å²) in [5.74, 6) is 0.817. The van der Waals surface area contributed by atoms with Crippen molar-refractivity contribution in [1.82, 2.24) is 14.7 Å². The van der Waals surface area contributed by atoms with Crippen LogP contribution < -0.4 is 5.32 Å². The van der Waals surface area contributed by atoms with Crippen molar-refractivity contribution in [3.63, 3.8) is 0 Å². The fourth-order valence-electron chi connectivity index (χ4n) is 4.21. The second-order valence-corrected chi connectivity index (χ2v) is 8.37. The molecule has 7 heteroatoms. The highest BCUT2D eigenvalue weighted by Gasteiger charge is 2.13. The normalized spacial score (nSPS) is 11.4. The SMILES string of the molecule is Cc1ccc(-c2noc(CCC(=O)Nc3ccc4c(c3)c3ccccc3n4CCCF)n2)cc1. The Morgan fingerprint density at radius 2 is 1.82 bits per heavy atom. The van der Waals surface area contributed by atoms with Crippen LogP contribution in [0.2, 0.25) is 0 Å². The molecule has 0 aliphatic carbocycles. The van der Waals surface area contributed by atoms with Crippen LogP contribution >= 0.6 is 0 Å². The number of hydrogen-bond acceptors (Lipinski definition) is 4. The van der Waals surface area contributed by atoms with Crippen molar-refractivity contribution in [3.05, 3.63) is 78.2 Å². The predicted molar refractivity (Wildman–Crippen MR) is 131 cm³/mol. The maximum Gasteiger partial charge on any atom is 0.227 e. The van der Waals surface area contributed by atoms with Gasteiger partial charge in [0.2, 0.25) is 17.6 Å². The molecule has 3 aromatic carbocycles. The third-order valence-corrected chi connectivity index (χ3v) is 5.92. The van der Waals surface area contributed by atoms with E-state index in [0.29, 0.717) is 31.1 Å². The molecule has 34 heavy (non-hydrogen) atoms. The summed E-state index contributed by atoms with van der Waals surface area (Å²) >= 11 is 0. The lowest BCUT2D eigenvalue weighted by molar-refractivity contribution is -0.116. The van der Waals surface area contributed by atoms with Crippen molar-refractivity contribution in [2.24, 2.45) is 0 Å². The first-order valence-electron chi connectivity index (χ1n) is 11.4. The van der Waals surface area contributed by atoms with Crippen LogP contribution in [-0.2, 0) is 17.8 Å². The quantitative estimate of drug-likeness (QED) is 0.307. The number of para-hydroxylation sites is 1.